The zero-order chi connectivity index (χ0) is 13.0. The zero-order valence-corrected chi connectivity index (χ0v) is 12.6. The third-order valence-electron chi connectivity index (χ3n) is 3.58. The quantitative estimate of drug-likeness (QED) is 0.842. The monoisotopic (exact) mass is 254 g/mol. The minimum Gasteiger partial charge on any atom is -0.329 e. The third-order valence-corrected chi connectivity index (χ3v) is 4.57. The fourth-order valence-corrected chi connectivity index (χ4v) is 3.48. The Labute approximate surface area is 110 Å². The van der Waals surface area contributed by atoms with Gasteiger partial charge >= 0.3 is 0 Å². The summed E-state index contributed by atoms with van der Waals surface area (Å²) in [6.45, 7) is 12.9. The van der Waals surface area contributed by atoms with Gasteiger partial charge in [-0.3, -0.25) is 4.90 Å². The fraction of sp³-hybridized carbons (Fsp3) is 0.714. The number of nitrogens with two attached hydrogens (primary N) is 1. The van der Waals surface area contributed by atoms with Crippen LogP contribution in [0.4, 0.5) is 0 Å². The number of likely N-dealkylation sites (N-methyl/N-ethyl adjacent to an activating group) is 1. The number of nitrogens with zero attached hydrogens (tertiary/aromatic N) is 1. The second kappa shape index (κ2) is 6.53. The van der Waals surface area contributed by atoms with Gasteiger partial charge in [-0.1, -0.05) is 13.8 Å². The molecule has 0 aromatic carbocycles. The molecule has 3 heteroatoms. The number of aryl methyl sites for hydroxylation is 2. The SMILES string of the molecule is CCC(C)N(CC)C(CN)c1cc(C)sc1C. The summed E-state index contributed by atoms with van der Waals surface area (Å²) in [5.74, 6) is 0. The van der Waals surface area contributed by atoms with Gasteiger partial charge in [0.15, 0.2) is 0 Å². The first kappa shape index (κ1) is 14.7. The van der Waals surface area contributed by atoms with Crippen LogP contribution < -0.4 is 5.73 Å². The van der Waals surface area contributed by atoms with Gasteiger partial charge in [-0.05, 0) is 45.4 Å². The molecular weight excluding hydrogens is 228 g/mol. The van der Waals surface area contributed by atoms with Gasteiger partial charge in [-0.2, -0.15) is 0 Å². The van der Waals surface area contributed by atoms with Gasteiger partial charge < -0.3 is 5.73 Å². The molecule has 17 heavy (non-hydrogen) atoms. The molecule has 0 saturated heterocycles. The minimum absolute atomic E-state index is 0.375. The van der Waals surface area contributed by atoms with Crippen molar-refractivity contribution >= 4 is 11.3 Å². The van der Waals surface area contributed by atoms with E-state index in [9.17, 15) is 0 Å². The predicted molar refractivity (Wildman–Crippen MR) is 77.7 cm³/mol. The highest BCUT2D eigenvalue weighted by molar-refractivity contribution is 7.12. The lowest BCUT2D eigenvalue weighted by Crippen LogP contribution is -2.39. The summed E-state index contributed by atoms with van der Waals surface area (Å²) in [6.07, 6.45) is 1.17. The molecular formula is C14H26N2S. The van der Waals surface area contributed by atoms with E-state index in [0.717, 1.165) is 6.54 Å². The summed E-state index contributed by atoms with van der Waals surface area (Å²) in [6, 6.07) is 3.27. The van der Waals surface area contributed by atoms with Crippen molar-refractivity contribution in [3.05, 3.63) is 21.4 Å². The lowest BCUT2D eigenvalue weighted by atomic mass is 10.0. The van der Waals surface area contributed by atoms with Gasteiger partial charge in [0, 0.05) is 28.4 Å². The lowest BCUT2D eigenvalue weighted by Gasteiger charge is -2.35. The molecule has 0 aliphatic carbocycles. The summed E-state index contributed by atoms with van der Waals surface area (Å²) < 4.78 is 0. The molecule has 2 nitrogen and oxygen atoms in total. The maximum atomic E-state index is 6.01. The molecule has 0 spiro atoms. The molecule has 0 fully saturated rings. The van der Waals surface area contributed by atoms with E-state index in [2.05, 4.69) is 45.6 Å². The van der Waals surface area contributed by atoms with E-state index < -0.39 is 0 Å². The Morgan fingerprint density at radius 3 is 2.35 bits per heavy atom. The van der Waals surface area contributed by atoms with Gasteiger partial charge in [-0.25, -0.2) is 0 Å². The molecule has 0 bridgehead atoms. The topological polar surface area (TPSA) is 29.3 Å². The highest BCUT2D eigenvalue weighted by Crippen LogP contribution is 2.31. The van der Waals surface area contributed by atoms with Crippen LogP contribution in [0.5, 0.6) is 0 Å². The largest absolute Gasteiger partial charge is 0.329 e. The maximum absolute atomic E-state index is 6.01. The molecule has 0 saturated carbocycles. The van der Waals surface area contributed by atoms with Crippen molar-refractivity contribution in [1.82, 2.24) is 4.90 Å². The molecule has 2 unspecified atom stereocenters. The van der Waals surface area contributed by atoms with Crippen LogP contribution in [0.3, 0.4) is 0 Å². The first-order valence-corrected chi connectivity index (χ1v) is 7.39. The summed E-state index contributed by atoms with van der Waals surface area (Å²) in [4.78, 5) is 5.32. The summed E-state index contributed by atoms with van der Waals surface area (Å²) >= 11 is 1.88. The molecule has 0 aliphatic heterocycles. The molecule has 1 aromatic rings. The predicted octanol–water partition coefficient (Wildman–Crippen LogP) is 3.49. The van der Waals surface area contributed by atoms with Crippen LogP contribution in [0.2, 0.25) is 0 Å². The van der Waals surface area contributed by atoms with Gasteiger partial charge in [0.05, 0.1) is 0 Å². The van der Waals surface area contributed by atoms with E-state index in [4.69, 9.17) is 5.73 Å². The van der Waals surface area contributed by atoms with E-state index in [1.54, 1.807) is 0 Å². The molecule has 1 aromatic heterocycles. The Bertz CT molecular complexity index is 346. The molecule has 2 N–H and O–H groups in total. The molecule has 2 atom stereocenters. The highest BCUT2D eigenvalue weighted by Gasteiger charge is 2.23. The maximum Gasteiger partial charge on any atom is 0.0484 e. The second-order valence-electron chi connectivity index (χ2n) is 4.71. The first-order valence-electron chi connectivity index (χ1n) is 6.57. The van der Waals surface area contributed by atoms with Crippen LogP contribution in [0.25, 0.3) is 0 Å². The van der Waals surface area contributed by atoms with E-state index in [0.29, 0.717) is 18.6 Å². The molecule has 1 rings (SSSR count). The second-order valence-corrected chi connectivity index (χ2v) is 6.17. The van der Waals surface area contributed by atoms with Gasteiger partial charge in [0.25, 0.3) is 0 Å². The molecule has 98 valence electrons. The van der Waals surface area contributed by atoms with Gasteiger partial charge in [0.1, 0.15) is 0 Å². The van der Waals surface area contributed by atoms with Crippen LogP contribution in [-0.2, 0) is 0 Å². The van der Waals surface area contributed by atoms with E-state index in [-0.39, 0.29) is 0 Å². The van der Waals surface area contributed by atoms with Crippen molar-refractivity contribution in [3.63, 3.8) is 0 Å². The van der Waals surface area contributed by atoms with Crippen molar-refractivity contribution in [2.24, 2.45) is 5.73 Å². The van der Waals surface area contributed by atoms with Crippen LogP contribution >= 0.6 is 11.3 Å². The van der Waals surface area contributed by atoms with Crippen LogP contribution in [-0.4, -0.2) is 24.0 Å². The number of rotatable bonds is 6. The van der Waals surface area contributed by atoms with E-state index >= 15 is 0 Å². The number of hydrogen-bond acceptors (Lipinski definition) is 3. The first-order chi connectivity index (χ1) is 8.04. The minimum atomic E-state index is 0.375. The average Bonchev–Trinajstić information content (AvgIpc) is 2.64. The Morgan fingerprint density at radius 1 is 1.35 bits per heavy atom. The van der Waals surface area contributed by atoms with E-state index in [1.807, 2.05) is 11.3 Å². The number of hydrogen-bond donors (Lipinski definition) is 1. The van der Waals surface area contributed by atoms with Crippen molar-refractivity contribution in [2.75, 3.05) is 13.1 Å². The van der Waals surface area contributed by atoms with E-state index in [1.165, 1.54) is 21.7 Å². The standard InChI is InChI=1S/C14H26N2S/c1-6-10(3)16(7-2)14(9-15)13-8-11(4)17-12(13)5/h8,10,14H,6-7,9,15H2,1-5H3. The van der Waals surface area contributed by atoms with Crippen LogP contribution in [0.1, 0.15) is 48.6 Å². The van der Waals surface area contributed by atoms with Gasteiger partial charge in [0.2, 0.25) is 0 Å². The highest BCUT2D eigenvalue weighted by atomic mass is 32.1. The molecule has 0 amide bonds. The molecule has 1 heterocycles. The summed E-state index contributed by atoms with van der Waals surface area (Å²) in [5, 5.41) is 0. The summed E-state index contributed by atoms with van der Waals surface area (Å²) in [5.41, 5.74) is 7.44. The smallest absolute Gasteiger partial charge is 0.0484 e. The van der Waals surface area contributed by atoms with Crippen LogP contribution in [0, 0.1) is 13.8 Å². The van der Waals surface area contributed by atoms with Gasteiger partial charge in [-0.15, -0.1) is 11.3 Å². The Kier molecular flexibility index (Phi) is 5.63. The van der Waals surface area contributed by atoms with Crippen molar-refractivity contribution in [3.8, 4) is 0 Å². The molecule has 0 radical (unpaired) electrons. The van der Waals surface area contributed by atoms with Crippen molar-refractivity contribution < 1.29 is 0 Å². The fourth-order valence-electron chi connectivity index (χ4n) is 2.50. The summed E-state index contributed by atoms with van der Waals surface area (Å²) in [7, 11) is 0. The average molecular weight is 254 g/mol. The van der Waals surface area contributed by atoms with Crippen LogP contribution in [0.15, 0.2) is 6.07 Å². The normalized spacial score (nSPS) is 15.2. The lowest BCUT2D eigenvalue weighted by molar-refractivity contribution is 0.152. The Balaban J connectivity index is 3.00. The Morgan fingerprint density at radius 2 is 2.00 bits per heavy atom. The zero-order valence-electron chi connectivity index (χ0n) is 11.8. The third kappa shape index (κ3) is 3.30. The number of thiophene rings is 1. The van der Waals surface area contributed by atoms with Crippen molar-refractivity contribution in [2.45, 2.75) is 53.1 Å². The molecule has 0 aliphatic rings. The van der Waals surface area contributed by atoms with Crippen molar-refractivity contribution in [1.29, 1.82) is 0 Å². The Hall–Kier alpha value is -0.380.